The lowest BCUT2D eigenvalue weighted by atomic mass is 9.49. The molecular weight excluding hydrogens is 358 g/mol. The van der Waals surface area contributed by atoms with Gasteiger partial charge in [0.2, 0.25) is 6.79 Å². The summed E-state index contributed by atoms with van der Waals surface area (Å²) in [6.45, 7) is 1.81. The average molecular weight is 385 g/mol. The standard InChI is InChI=1S/C22H27NO5/c1-13(21(25)23-17-2-3-18-19(7-17)27-12-26-18)28-20(24)11-22-8-14-4-15(9-22)6-16(5-14)10-22/h2-3,7,13-16H,4-6,8-12H2,1H3,(H,23,25)/t13-,14?,15?,16?,22?/m0/s1. The quantitative estimate of drug-likeness (QED) is 0.779. The second-order valence-electron chi connectivity index (χ2n) is 9.28. The second kappa shape index (κ2) is 6.68. The summed E-state index contributed by atoms with van der Waals surface area (Å²) in [5.74, 6) is 3.08. The van der Waals surface area contributed by atoms with E-state index < -0.39 is 6.10 Å². The van der Waals surface area contributed by atoms with Crippen LogP contribution in [-0.4, -0.2) is 24.8 Å². The lowest BCUT2D eigenvalue weighted by Crippen LogP contribution is -2.47. The summed E-state index contributed by atoms with van der Waals surface area (Å²) in [6.07, 6.45) is 7.15. The summed E-state index contributed by atoms with van der Waals surface area (Å²) in [7, 11) is 0. The van der Waals surface area contributed by atoms with Crippen molar-refractivity contribution in [2.45, 2.75) is 58.0 Å². The highest BCUT2D eigenvalue weighted by molar-refractivity contribution is 5.95. The molecule has 1 aromatic rings. The zero-order chi connectivity index (χ0) is 19.3. The van der Waals surface area contributed by atoms with Crippen molar-refractivity contribution in [1.82, 2.24) is 0 Å². The molecule has 0 spiro atoms. The van der Waals surface area contributed by atoms with Gasteiger partial charge in [-0.3, -0.25) is 9.59 Å². The largest absolute Gasteiger partial charge is 0.454 e. The highest BCUT2D eigenvalue weighted by atomic mass is 16.7. The van der Waals surface area contributed by atoms with E-state index >= 15 is 0 Å². The van der Waals surface area contributed by atoms with Gasteiger partial charge in [0.15, 0.2) is 17.6 Å². The van der Waals surface area contributed by atoms with E-state index in [0.717, 1.165) is 37.0 Å². The minimum Gasteiger partial charge on any atom is -0.454 e. The first-order chi connectivity index (χ1) is 13.5. The van der Waals surface area contributed by atoms with Gasteiger partial charge in [-0.05, 0) is 80.8 Å². The molecule has 6 rings (SSSR count). The van der Waals surface area contributed by atoms with Crippen LogP contribution in [0.3, 0.4) is 0 Å². The third-order valence-corrected chi connectivity index (χ3v) is 7.00. The van der Waals surface area contributed by atoms with Gasteiger partial charge in [0.05, 0.1) is 6.42 Å². The van der Waals surface area contributed by atoms with E-state index in [0.29, 0.717) is 23.6 Å². The third-order valence-electron chi connectivity index (χ3n) is 7.00. The number of hydrogen-bond acceptors (Lipinski definition) is 5. The van der Waals surface area contributed by atoms with Crippen molar-refractivity contribution in [3.63, 3.8) is 0 Å². The van der Waals surface area contributed by atoms with Crippen LogP contribution in [0.4, 0.5) is 5.69 Å². The van der Waals surface area contributed by atoms with E-state index in [2.05, 4.69) is 5.32 Å². The lowest BCUT2D eigenvalue weighted by Gasteiger charge is -2.56. The van der Waals surface area contributed by atoms with Crippen molar-refractivity contribution in [2.75, 3.05) is 12.1 Å². The van der Waals surface area contributed by atoms with Gasteiger partial charge in [-0.25, -0.2) is 0 Å². The first-order valence-electron chi connectivity index (χ1n) is 10.4. The summed E-state index contributed by atoms with van der Waals surface area (Å²) >= 11 is 0. The minimum absolute atomic E-state index is 0.124. The number of nitrogens with one attached hydrogen (secondary N) is 1. The average Bonchev–Trinajstić information content (AvgIpc) is 3.07. The van der Waals surface area contributed by atoms with Gasteiger partial charge in [-0.2, -0.15) is 0 Å². The Morgan fingerprint density at radius 2 is 1.75 bits per heavy atom. The van der Waals surface area contributed by atoms with Gasteiger partial charge in [0.1, 0.15) is 0 Å². The minimum atomic E-state index is -0.827. The van der Waals surface area contributed by atoms with E-state index in [1.807, 2.05) is 0 Å². The molecule has 150 valence electrons. The molecule has 0 unspecified atom stereocenters. The molecule has 0 saturated heterocycles. The smallest absolute Gasteiger partial charge is 0.307 e. The summed E-state index contributed by atoms with van der Waals surface area (Å²) in [6, 6.07) is 5.21. The number of carbonyl (C=O) groups excluding carboxylic acids is 2. The van der Waals surface area contributed by atoms with Crippen LogP contribution in [0.1, 0.15) is 51.9 Å². The molecule has 1 heterocycles. The van der Waals surface area contributed by atoms with E-state index in [9.17, 15) is 9.59 Å². The highest BCUT2D eigenvalue weighted by Crippen LogP contribution is 2.61. The topological polar surface area (TPSA) is 73.9 Å². The molecule has 5 aliphatic rings. The molecule has 28 heavy (non-hydrogen) atoms. The monoisotopic (exact) mass is 385 g/mol. The zero-order valence-corrected chi connectivity index (χ0v) is 16.2. The molecule has 0 radical (unpaired) electrons. The van der Waals surface area contributed by atoms with Crippen molar-refractivity contribution in [3.05, 3.63) is 18.2 Å². The first-order valence-corrected chi connectivity index (χ1v) is 10.4. The number of ether oxygens (including phenoxy) is 3. The molecule has 4 bridgehead atoms. The normalized spacial score (nSPS) is 32.8. The molecule has 4 fully saturated rings. The van der Waals surface area contributed by atoms with Crippen LogP contribution in [0.2, 0.25) is 0 Å². The number of anilines is 1. The molecule has 6 heteroatoms. The number of carbonyl (C=O) groups is 2. The number of hydrogen-bond donors (Lipinski definition) is 1. The zero-order valence-electron chi connectivity index (χ0n) is 16.2. The van der Waals surface area contributed by atoms with Crippen molar-refractivity contribution in [2.24, 2.45) is 23.2 Å². The highest BCUT2D eigenvalue weighted by Gasteiger charge is 2.51. The Morgan fingerprint density at radius 1 is 1.11 bits per heavy atom. The van der Waals surface area contributed by atoms with Crippen LogP contribution in [0.25, 0.3) is 0 Å². The van der Waals surface area contributed by atoms with Gasteiger partial charge in [0.25, 0.3) is 5.91 Å². The van der Waals surface area contributed by atoms with Crippen molar-refractivity contribution >= 4 is 17.6 Å². The first kappa shape index (κ1) is 17.8. The van der Waals surface area contributed by atoms with Crippen LogP contribution >= 0.6 is 0 Å². The molecule has 0 aromatic heterocycles. The van der Waals surface area contributed by atoms with Crippen LogP contribution in [0.15, 0.2) is 18.2 Å². The number of amides is 1. The molecule has 6 nitrogen and oxygen atoms in total. The number of rotatable bonds is 5. The number of esters is 1. The van der Waals surface area contributed by atoms with Crippen LogP contribution in [-0.2, 0) is 14.3 Å². The van der Waals surface area contributed by atoms with Gasteiger partial charge in [-0.15, -0.1) is 0 Å². The van der Waals surface area contributed by atoms with Crippen molar-refractivity contribution in [3.8, 4) is 11.5 Å². The third kappa shape index (κ3) is 3.33. The van der Waals surface area contributed by atoms with E-state index in [4.69, 9.17) is 14.2 Å². The van der Waals surface area contributed by atoms with Crippen LogP contribution in [0.5, 0.6) is 11.5 Å². The van der Waals surface area contributed by atoms with Gasteiger partial charge in [-0.1, -0.05) is 0 Å². The molecule has 1 aromatic carbocycles. The molecule has 1 atom stereocenters. The Morgan fingerprint density at radius 3 is 2.43 bits per heavy atom. The molecule has 1 aliphatic heterocycles. The van der Waals surface area contributed by atoms with E-state index in [1.54, 1.807) is 25.1 Å². The molecule has 4 saturated carbocycles. The predicted molar refractivity (Wildman–Crippen MR) is 102 cm³/mol. The Hall–Kier alpha value is -2.24. The van der Waals surface area contributed by atoms with Gasteiger partial charge >= 0.3 is 5.97 Å². The predicted octanol–water partition coefficient (Wildman–Crippen LogP) is 3.89. The fourth-order valence-corrected chi connectivity index (χ4v) is 6.32. The Balaban J connectivity index is 1.17. The number of benzene rings is 1. The van der Waals surface area contributed by atoms with E-state index in [1.165, 1.54) is 19.3 Å². The van der Waals surface area contributed by atoms with Crippen LogP contribution < -0.4 is 14.8 Å². The van der Waals surface area contributed by atoms with Crippen LogP contribution in [0, 0.1) is 23.2 Å². The second-order valence-corrected chi connectivity index (χ2v) is 9.28. The molecular formula is C22H27NO5. The Labute approximate surface area is 164 Å². The fourth-order valence-electron chi connectivity index (χ4n) is 6.32. The molecule has 1 N–H and O–H groups in total. The summed E-state index contributed by atoms with van der Waals surface area (Å²) in [5.41, 5.74) is 0.720. The lowest BCUT2D eigenvalue weighted by molar-refractivity contribution is -0.160. The van der Waals surface area contributed by atoms with Gasteiger partial charge in [0, 0.05) is 11.8 Å². The van der Waals surface area contributed by atoms with Gasteiger partial charge < -0.3 is 19.5 Å². The molecule has 4 aliphatic carbocycles. The van der Waals surface area contributed by atoms with E-state index in [-0.39, 0.29) is 24.1 Å². The summed E-state index contributed by atoms with van der Waals surface area (Å²) in [5, 5.41) is 2.78. The van der Waals surface area contributed by atoms with Crippen molar-refractivity contribution < 1.29 is 23.8 Å². The summed E-state index contributed by atoms with van der Waals surface area (Å²) < 4.78 is 16.1. The van der Waals surface area contributed by atoms with Crippen molar-refractivity contribution in [1.29, 1.82) is 0 Å². The SMILES string of the molecule is C[C@H](OC(=O)CC12CC3CC(CC(C3)C1)C2)C(=O)Nc1ccc2c(c1)OCO2. The maximum atomic E-state index is 12.6. The number of fused-ring (bicyclic) bond motifs is 1. The fraction of sp³-hybridized carbons (Fsp3) is 0.636. The maximum absolute atomic E-state index is 12.6. The Kier molecular flexibility index (Phi) is 4.25. The summed E-state index contributed by atoms with van der Waals surface area (Å²) in [4.78, 5) is 25.1. The Bertz CT molecular complexity index is 769. The maximum Gasteiger partial charge on any atom is 0.307 e. The molecule has 1 amide bonds.